The van der Waals surface area contributed by atoms with E-state index in [-0.39, 0.29) is 0 Å². The van der Waals surface area contributed by atoms with E-state index in [0.29, 0.717) is 11.6 Å². The highest BCUT2D eigenvalue weighted by Gasteiger charge is 2.49. The highest BCUT2D eigenvalue weighted by Crippen LogP contribution is 2.45. The van der Waals surface area contributed by atoms with Crippen LogP contribution in [0.15, 0.2) is 0 Å². The zero-order valence-corrected chi connectivity index (χ0v) is 13.7. The second kappa shape index (κ2) is 6.13. The van der Waals surface area contributed by atoms with Crippen LogP contribution < -0.4 is 5.32 Å². The molecule has 1 aliphatic carbocycles. The van der Waals surface area contributed by atoms with Gasteiger partial charge in [-0.05, 0) is 50.9 Å². The van der Waals surface area contributed by atoms with Gasteiger partial charge in [-0.15, -0.1) is 0 Å². The fraction of sp³-hybridized carbons (Fsp3) is 1.00. The van der Waals surface area contributed by atoms with E-state index in [1.54, 1.807) is 0 Å². The molecule has 1 saturated heterocycles. The van der Waals surface area contributed by atoms with E-state index >= 15 is 0 Å². The van der Waals surface area contributed by atoms with E-state index in [4.69, 9.17) is 0 Å². The Hall–Kier alpha value is -0.0800. The topological polar surface area (TPSA) is 15.3 Å². The highest BCUT2D eigenvalue weighted by atomic mass is 15.3. The summed E-state index contributed by atoms with van der Waals surface area (Å²) in [5.41, 5.74) is 0.421. The molecule has 0 spiro atoms. The second-order valence-electron chi connectivity index (χ2n) is 7.46. The second-order valence-corrected chi connectivity index (χ2v) is 7.46. The summed E-state index contributed by atoms with van der Waals surface area (Å²) in [5, 5.41) is 3.85. The van der Waals surface area contributed by atoms with Crippen LogP contribution in [-0.4, -0.2) is 35.6 Å². The molecule has 1 heterocycles. The molecule has 1 N–H and O–H groups in total. The molecule has 0 aromatic rings. The zero-order valence-electron chi connectivity index (χ0n) is 13.7. The largest absolute Gasteiger partial charge is 0.311 e. The van der Waals surface area contributed by atoms with E-state index in [0.717, 1.165) is 17.9 Å². The van der Waals surface area contributed by atoms with Gasteiger partial charge in [0.25, 0.3) is 0 Å². The van der Waals surface area contributed by atoms with Gasteiger partial charge in [-0.2, -0.15) is 0 Å². The predicted octanol–water partition coefficient (Wildman–Crippen LogP) is 3.66. The molecular weight excluding hydrogens is 232 g/mol. The highest BCUT2D eigenvalue weighted by molar-refractivity contribution is 5.06. The molecule has 19 heavy (non-hydrogen) atoms. The summed E-state index contributed by atoms with van der Waals surface area (Å²) in [6.07, 6.45) is 6.81. The minimum atomic E-state index is 0.421. The minimum absolute atomic E-state index is 0.421. The van der Waals surface area contributed by atoms with Crippen molar-refractivity contribution in [1.29, 1.82) is 0 Å². The SMILES string of the molecule is CCC(CC)N1CC(CC(C)C)NCC1(C)C1CC1. The van der Waals surface area contributed by atoms with E-state index in [9.17, 15) is 0 Å². The average molecular weight is 266 g/mol. The lowest BCUT2D eigenvalue weighted by Crippen LogP contribution is -2.66. The van der Waals surface area contributed by atoms with Crippen LogP contribution in [0, 0.1) is 11.8 Å². The fourth-order valence-electron chi connectivity index (χ4n) is 4.07. The quantitative estimate of drug-likeness (QED) is 0.789. The third-order valence-corrected chi connectivity index (χ3v) is 5.42. The van der Waals surface area contributed by atoms with Crippen molar-refractivity contribution in [3.8, 4) is 0 Å². The van der Waals surface area contributed by atoms with Crippen molar-refractivity contribution in [3.05, 3.63) is 0 Å². The Kier molecular flexibility index (Phi) is 4.94. The van der Waals surface area contributed by atoms with E-state index in [1.807, 2.05) is 0 Å². The Labute approximate surface area is 120 Å². The van der Waals surface area contributed by atoms with Crippen LogP contribution in [-0.2, 0) is 0 Å². The molecule has 2 aliphatic rings. The molecule has 2 rings (SSSR count). The lowest BCUT2D eigenvalue weighted by Gasteiger charge is -2.52. The third-order valence-electron chi connectivity index (χ3n) is 5.42. The van der Waals surface area contributed by atoms with Crippen LogP contribution in [0.2, 0.25) is 0 Å². The number of hydrogen-bond donors (Lipinski definition) is 1. The summed E-state index contributed by atoms with van der Waals surface area (Å²) in [6, 6.07) is 1.48. The van der Waals surface area contributed by atoms with Crippen molar-refractivity contribution in [2.75, 3.05) is 13.1 Å². The number of nitrogens with one attached hydrogen (secondary N) is 1. The van der Waals surface area contributed by atoms with Crippen LogP contribution >= 0.6 is 0 Å². The lowest BCUT2D eigenvalue weighted by atomic mass is 9.85. The molecule has 0 aromatic heterocycles. The summed E-state index contributed by atoms with van der Waals surface area (Å²) in [6.45, 7) is 14.4. The molecule has 2 atom stereocenters. The third kappa shape index (κ3) is 3.33. The average Bonchev–Trinajstić information content (AvgIpc) is 3.18. The number of rotatable bonds is 6. The summed E-state index contributed by atoms with van der Waals surface area (Å²) >= 11 is 0. The van der Waals surface area contributed by atoms with Gasteiger partial charge in [-0.25, -0.2) is 0 Å². The van der Waals surface area contributed by atoms with Gasteiger partial charge in [0.2, 0.25) is 0 Å². The first kappa shape index (κ1) is 15.3. The normalized spacial score (nSPS) is 33.3. The summed E-state index contributed by atoms with van der Waals surface area (Å²) in [4.78, 5) is 2.88. The molecule has 2 nitrogen and oxygen atoms in total. The summed E-state index contributed by atoms with van der Waals surface area (Å²) in [5.74, 6) is 1.74. The molecular formula is C17H34N2. The lowest BCUT2D eigenvalue weighted by molar-refractivity contribution is -0.00790. The van der Waals surface area contributed by atoms with Gasteiger partial charge >= 0.3 is 0 Å². The standard InChI is InChI=1S/C17H34N2/c1-6-16(7-2)19-11-15(10-13(3)4)18-12-17(19,5)14-8-9-14/h13-16,18H,6-12H2,1-5H3. The van der Waals surface area contributed by atoms with E-state index < -0.39 is 0 Å². The Balaban J connectivity index is 2.09. The van der Waals surface area contributed by atoms with Crippen LogP contribution in [0.3, 0.4) is 0 Å². The van der Waals surface area contributed by atoms with Crippen LogP contribution in [0.5, 0.6) is 0 Å². The molecule has 2 heteroatoms. The molecule has 0 bridgehead atoms. The molecule has 0 amide bonds. The maximum atomic E-state index is 3.85. The Morgan fingerprint density at radius 3 is 2.32 bits per heavy atom. The smallest absolute Gasteiger partial charge is 0.0337 e. The van der Waals surface area contributed by atoms with Crippen molar-refractivity contribution in [1.82, 2.24) is 10.2 Å². The predicted molar refractivity (Wildman–Crippen MR) is 83.5 cm³/mol. The van der Waals surface area contributed by atoms with Crippen molar-refractivity contribution < 1.29 is 0 Å². The first-order valence-electron chi connectivity index (χ1n) is 8.51. The van der Waals surface area contributed by atoms with Crippen molar-refractivity contribution in [2.45, 2.75) is 84.3 Å². The first-order valence-corrected chi connectivity index (χ1v) is 8.51. The van der Waals surface area contributed by atoms with Crippen LogP contribution in [0.1, 0.15) is 66.7 Å². The number of hydrogen-bond acceptors (Lipinski definition) is 2. The van der Waals surface area contributed by atoms with Crippen molar-refractivity contribution in [2.24, 2.45) is 11.8 Å². The molecule has 0 aromatic carbocycles. The molecule has 1 aliphatic heterocycles. The van der Waals surface area contributed by atoms with Gasteiger partial charge in [0.05, 0.1) is 0 Å². The zero-order chi connectivity index (χ0) is 14.0. The van der Waals surface area contributed by atoms with E-state index in [1.165, 1.54) is 45.2 Å². The molecule has 0 radical (unpaired) electrons. The Morgan fingerprint density at radius 2 is 1.84 bits per heavy atom. The molecule has 1 saturated carbocycles. The molecule has 112 valence electrons. The summed E-state index contributed by atoms with van der Waals surface area (Å²) in [7, 11) is 0. The maximum absolute atomic E-state index is 3.85. The van der Waals surface area contributed by atoms with Gasteiger partial charge < -0.3 is 5.32 Å². The Bertz CT molecular complexity index is 281. The van der Waals surface area contributed by atoms with Gasteiger partial charge in [0.1, 0.15) is 0 Å². The first-order chi connectivity index (χ1) is 9.01. The van der Waals surface area contributed by atoms with Crippen molar-refractivity contribution >= 4 is 0 Å². The number of piperazine rings is 1. The van der Waals surface area contributed by atoms with Crippen molar-refractivity contribution in [3.63, 3.8) is 0 Å². The fourth-order valence-corrected chi connectivity index (χ4v) is 4.07. The monoisotopic (exact) mass is 266 g/mol. The van der Waals surface area contributed by atoms with Crippen LogP contribution in [0.25, 0.3) is 0 Å². The summed E-state index contributed by atoms with van der Waals surface area (Å²) < 4.78 is 0. The van der Waals surface area contributed by atoms with Gasteiger partial charge in [0.15, 0.2) is 0 Å². The van der Waals surface area contributed by atoms with Gasteiger partial charge in [-0.3, -0.25) is 4.90 Å². The van der Waals surface area contributed by atoms with Crippen LogP contribution in [0.4, 0.5) is 0 Å². The number of nitrogens with zero attached hydrogens (tertiary/aromatic N) is 1. The maximum Gasteiger partial charge on any atom is 0.0337 e. The molecule has 2 unspecified atom stereocenters. The minimum Gasteiger partial charge on any atom is -0.311 e. The van der Waals surface area contributed by atoms with Gasteiger partial charge in [0, 0.05) is 30.7 Å². The van der Waals surface area contributed by atoms with Gasteiger partial charge in [-0.1, -0.05) is 27.7 Å². The van der Waals surface area contributed by atoms with E-state index in [2.05, 4.69) is 44.8 Å². The molecule has 2 fully saturated rings. The Morgan fingerprint density at radius 1 is 1.21 bits per heavy atom.